The lowest BCUT2D eigenvalue weighted by molar-refractivity contribution is 1.32. The van der Waals surface area contributed by atoms with Crippen molar-refractivity contribution in [1.82, 2.24) is 4.98 Å². The van der Waals surface area contributed by atoms with E-state index >= 15 is 0 Å². The van der Waals surface area contributed by atoms with E-state index in [9.17, 15) is 0 Å². The molecule has 0 spiro atoms. The molecule has 0 aliphatic heterocycles. The molecule has 9 rings (SSSR count). The zero-order valence-corrected chi connectivity index (χ0v) is 25.2. The second-order valence-corrected chi connectivity index (χ2v) is 12.0. The van der Waals surface area contributed by atoms with E-state index in [0.29, 0.717) is 0 Å². The summed E-state index contributed by atoms with van der Waals surface area (Å²) in [4.78, 5) is 5.15. The van der Waals surface area contributed by atoms with Gasteiger partial charge in [0.05, 0.1) is 11.4 Å². The topological polar surface area (TPSA) is 12.9 Å². The molecule has 1 heterocycles. The number of aromatic nitrogens is 1. The molecule has 1 aromatic heterocycles. The molecule has 9 aromatic rings. The Morgan fingerprint density at radius 2 is 0.739 bits per heavy atom. The van der Waals surface area contributed by atoms with Gasteiger partial charge in [-0.15, -0.1) is 0 Å². The van der Waals surface area contributed by atoms with E-state index in [2.05, 4.69) is 176 Å². The molecule has 0 aliphatic carbocycles. The third-order valence-electron chi connectivity index (χ3n) is 9.18. The fraction of sp³-hybridized carbons (Fsp3) is 0. The molecule has 214 valence electrons. The van der Waals surface area contributed by atoms with Gasteiger partial charge in [-0.2, -0.15) is 0 Å². The van der Waals surface area contributed by atoms with Crippen molar-refractivity contribution in [2.24, 2.45) is 0 Å². The third kappa shape index (κ3) is 4.53. The van der Waals surface area contributed by atoms with Crippen LogP contribution in [0.1, 0.15) is 0 Å². The maximum atomic E-state index is 5.15. The van der Waals surface area contributed by atoms with Crippen molar-refractivity contribution in [2.45, 2.75) is 0 Å². The summed E-state index contributed by atoms with van der Waals surface area (Å²) in [6, 6.07) is 63.4. The highest BCUT2D eigenvalue weighted by Gasteiger charge is 2.15. The summed E-state index contributed by atoms with van der Waals surface area (Å²) in [5, 5.41) is 7.80. The van der Waals surface area contributed by atoms with Crippen molar-refractivity contribution in [3.05, 3.63) is 176 Å². The molecule has 0 amide bonds. The summed E-state index contributed by atoms with van der Waals surface area (Å²) >= 11 is 0. The highest BCUT2D eigenvalue weighted by Crippen LogP contribution is 2.42. The lowest BCUT2D eigenvalue weighted by Gasteiger charge is -2.17. The SMILES string of the molecule is c1ccc(-c2cc(-c3cc(-c4ccccc4)nc(-c4ccccc4)c3)cc(-c3ccc4ccc5cccc6ccc3c4c56)c2)cc1. The average Bonchev–Trinajstić information content (AvgIpc) is 3.14. The van der Waals surface area contributed by atoms with Crippen LogP contribution in [-0.2, 0) is 0 Å². The Morgan fingerprint density at radius 3 is 1.35 bits per heavy atom. The summed E-state index contributed by atoms with van der Waals surface area (Å²) in [6.07, 6.45) is 0. The first-order chi connectivity index (χ1) is 22.8. The van der Waals surface area contributed by atoms with Crippen molar-refractivity contribution in [3.63, 3.8) is 0 Å². The van der Waals surface area contributed by atoms with Crippen LogP contribution in [0, 0.1) is 0 Å². The minimum Gasteiger partial charge on any atom is -0.248 e. The van der Waals surface area contributed by atoms with Gasteiger partial charge in [-0.05, 0) is 96.0 Å². The maximum Gasteiger partial charge on any atom is 0.0715 e. The van der Waals surface area contributed by atoms with Crippen molar-refractivity contribution in [2.75, 3.05) is 0 Å². The van der Waals surface area contributed by atoms with Gasteiger partial charge in [0.2, 0.25) is 0 Å². The van der Waals surface area contributed by atoms with Gasteiger partial charge >= 0.3 is 0 Å². The van der Waals surface area contributed by atoms with Gasteiger partial charge in [-0.1, -0.05) is 146 Å². The first-order valence-corrected chi connectivity index (χ1v) is 15.8. The summed E-state index contributed by atoms with van der Waals surface area (Å²) in [5.41, 5.74) is 11.3. The van der Waals surface area contributed by atoms with Crippen LogP contribution in [0.3, 0.4) is 0 Å². The highest BCUT2D eigenvalue weighted by atomic mass is 14.7. The second-order valence-electron chi connectivity index (χ2n) is 12.0. The first kappa shape index (κ1) is 26.4. The summed E-state index contributed by atoms with van der Waals surface area (Å²) in [6.45, 7) is 0. The van der Waals surface area contributed by atoms with Gasteiger partial charge in [0.1, 0.15) is 0 Å². The lowest BCUT2D eigenvalue weighted by atomic mass is 9.87. The number of benzene rings is 8. The fourth-order valence-electron chi connectivity index (χ4n) is 6.94. The average molecular weight is 584 g/mol. The van der Waals surface area contributed by atoms with Crippen molar-refractivity contribution < 1.29 is 0 Å². The van der Waals surface area contributed by atoms with Gasteiger partial charge in [0.25, 0.3) is 0 Å². The monoisotopic (exact) mass is 583 g/mol. The summed E-state index contributed by atoms with van der Waals surface area (Å²) < 4.78 is 0. The molecule has 0 saturated heterocycles. The van der Waals surface area contributed by atoms with E-state index in [1.807, 2.05) is 0 Å². The molecule has 0 radical (unpaired) electrons. The minimum atomic E-state index is 0.964. The molecule has 0 unspecified atom stereocenters. The quantitative estimate of drug-likeness (QED) is 0.184. The molecule has 0 saturated carbocycles. The molecular weight excluding hydrogens is 555 g/mol. The van der Waals surface area contributed by atoms with Gasteiger partial charge < -0.3 is 0 Å². The van der Waals surface area contributed by atoms with Crippen LogP contribution in [-0.4, -0.2) is 4.98 Å². The van der Waals surface area contributed by atoms with E-state index in [1.54, 1.807) is 0 Å². The Morgan fingerprint density at radius 1 is 0.283 bits per heavy atom. The van der Waals surface area contributed by atoms with E-state index in [-0.39, 0.29) is 0 Å². The Kier molecular flexibility index (Phi) is 6.21. The molecule has 8 aromatic carbocycles. The van der Waals surface area contributed by atoms with Gasteiger partial charge in [0, 0.05) is 11.1 Å². The second kappa shape index (κ2) is 10.8. The molecule has 0 bridgehead atoms. The Labute approximate surface area is 268 Å². The van der Waals surface area contributed by atoms with Crippen LogP contribution in [0.5, 0.6) is 0 Å². The van der Waals surface area contributed by atoms with Gasteiger partial charge in [-0.25, -0.2) is 4.98 Å². The number of hydrogen-bond donors (Lipinski definition) is 0. The Balaban J connectivity index is 1.31. The molecule has 0 fully saturated rings. The van der Waals surface area contributed by atoms with Crippen molar-refractivity contribution >= 4 is 32.3 Å². The van der Waals surface area contributed by atoms with E-state index in [1.165, 1.54) is 60.1 Å². The molecule has 46 heavy (non-hydrogen) atoms. The Hall–Kier alpha value is -6.05. The lowest BCUT2D eigenvalue weighted by Crippen LogP contribution is -1.93. The van der Waals surface area contributed by atoms with Crippen LogP contribution in [0.15, 0.2) is 176 Å². The zero-order valence-electron chi connectivity index (χ0n) is 25.2. The molecule has 0 N–H and O–H groups in total. The van der Waals surface area contributed by atoms with Gasteiger partial charge in [-0.3, -0.25) is 0 Å². The Bertz CT molecular complexity index is 2420. The number of rotatable bonds is 5. The third-order valence-corrected chi connectivity index (χ3v) is 9.18. The van der Waals surface area contributed by atoms with Crippen molar-refractivity contribution in [1.29, 1.82) is 0 Å². The van der Waals surface area contributed by atoms with E-state index in [0.717, 1.165) is 28.1 Å². The molecule has 1 heteroatoms. The number of hydrogen-bond acceptors (Lipinski definition) is 1. The minimum absolute atomic E-state index is 0.964. The van der Waals surface area contributed by atoms with Crippen LogP contribution >= 0.6 is 0 Å². The van der Waals surface area contributed by atoms with Crippen LogP contribution in [0.2, 0.25) is 0 Å². The zero-order chi connectivity index (χ0) is 30.5. The first-order valence-electron chi connectivity index (χ1n) is 15.8. The summed E-state index contributed by atoms with van der Waals surface area (Å²) in [7, 11) is 0. The van der Waals surface area contributed by atoms with Crippen molar-refractivity contribution in [3.8, 4) is 55.9 Å². The van der Waals surface area contributed by atoms with Crippen LogP contribution in [0.25, 0.3) is 88.2 Å². The summed E-state index contributed by atoms with van der Waals surface area (Å²) in [5.74, 6) is 0. The molecule has 0 atom stereocenters. The van der Waals surface area contributed by atoms with Crippen LogP contribution in [0.4, 0.5) is 0 Å². The van der Waals surface area contributed by atoms with Crippen LogP contribution < -0.4 is 0 Å². The van der Waals surface area contributed by atoms with E-state index < -0.39 is 0 Å². The molecule has 1 nitrogen and oxygen atoms in total. The standard InChI is InChI=1S/C45H29N/c1-4-11-30(12-5-1)36-25-37(38-28-42(31-13-6-2-7-14-31)46-43(29-38)32-15-8-3-9-16-32)27-39(26-36)40-23-21-35-20-19-33-17-10-18-34-22-24-41(40)45(35)44(33)34/h1-29H. The largest absolute Gasteiger partial charge is 0.248 e. The fourth-order valence-corrected chi connectivity index (χ4v) is 6.94. The number of nitrogens with zero attached hydrogens (tertiary/aromatic N) is 1. The van der Waals surface area contributed by atoms with Gasteiger partial charge in [0.15, 0.2) is 0 Å². The maximum absolute atomic E-state index is 5.15. The number of pyridine rings is 1. The molecule has 0 aliphatic rings. The highest BCUT2D eigenvalue weighted by molar-refractivity contribution is 6.25. The predicted octanol–water partition coefficient (Wildman–Crippen LogP) is 12.3. The smallest absolute Gasteiger partial charge is 0.0715 e. The predicted molar refractivity (Wildman–Crippen MR) is 195 cm³/mol. The molecular formula is C45H29N. The normalized spacial score (nSPS) is 11.5. The van der Waals surface area contributed by atoms with E-state index in [4.69, 9.17) is 4.98 Å².